The average molecular weight is 342 g/mol. The minimum Gasteiger partial charge on any atom is -0.462 e. The first kappa shape index (κ1) is 16.4. The van der Waals surface area contributed by atoms with E-state index in [0.717, 1.165) is 5.56 Å². The molecule has 0 spiro atoms. The Hall–Kier alpha value is -2.47. The molecule has 0 radical (unpaired) electrons. The maximum absolute atomic E-state index is 12.8. The minimum atomic E-state index is -0.400. The van der Waals surface area contributed by atoms with Crippen molar-refractivity contribution < 1.29 is 9.53 Å². The Morgan fingerprint density at radius 2 is 1.96 bits per heavy atom. The second-order valence-corrected chi connectivity index (χ2v) is 6.62. The van der Waals surface area contributed by atoms with Gasteiger partial charge in [0, 0.05) is 0 Å². The minimum absolute atomic E-state index is 0.134. The van der Waals surface area contributed by atoms with E-state index in [4.69, 9.17) is 4.74 Å². The standard InChI is InChI=1S/C18H18N2O3S/c1-4-23-18(22)15-12(3)14-16(24-15)19-10-20(17(14)21)9-13-7-5-11(2)6-8-13/h5-8,10H,4,9H2,1-3H3. The van der Waals surface area contributed by atoms with Gasteiger partial charge in [-0.2, -0.15) is 0 Å². The molecule has 0 N–H and O–H groups in total. The molecule has 6 heteroatoms. The topological polar surface area (TPSA) is 61.2 Å². The fourth-order valence-corrected chi connectivity index (χ4v) is 3.59. The van der Waals surface area contributed by atoms with Crippen LogP contribution in [0.4, 0.5) is 0 Å². The van der Waals surface area contributed by atoms with Crippen LogP contribution in [0.5, 0.6) is 0 Å². The van der Waals surface area contributed by atoms with E-state index in [1.54, 1.807) is 18.4 Å². The summed E-state index contributed by atoms with van der Waals surface area (Å²) in [6.07, 6.45) is 1.54. The smallest absolute Gasteiger partial charge is 0.348 e. The molecule has 0 saturated heterocycles. The molecular weight excluding hydrogens is 324 g/mol. The SMILES string of the molecule is CCOC(=O)c1sc2ncn(Cc3ccc(C)cc3)c(=O)c2c1C. The van der Waals surface area contributed by atoms with Crippen molar-refractivity contribution in [3.63, 3.8) is 0 Å². The van der Waals surface area contributed by atoms with Gasteiger partial charge in [-0.15, -0.1) is 11.3 Å². The fraction of sp³-hybridized carbons (Fsp3) is 0.278. The highest BCUT2D eigenvalue weighted by Crippen LogP contribution is 2.27. The zero-order valence-electron chi connectivity index (χ0n) is 13.8. The molecule has 0 fully saturated rings. The molecule has 3 aromatic rings. The Bertz CT molecular complexity index is 955. The number of thiophene rings is 1. The lowest BCUT2D eigenvalue weighted by molar-refractivity contribution is 0.0531. The number of esters is 1. The number of hydrogen-bond acceptors (Lipinski definition) is 5. The first-order chi connectivity index (χ1) is 11.5. The van der Waals surface area contributed by atoms with Crippen molar-refractivity contribution >= 4 is 27.5 Å². The summed E-state index contributed by atoms with van der Waals surface area (Å²) in [4.78, 5) is 30.2. The van der Waals surface area contributed by atoms with E-state index >= 15 is 0 Å². The van der Waals surface area contributed by atoms with E-state index in [0.29, 0.717) is 33.8 Å². The Kier molecular flexibility index (Phi) is 4.49. The second kappa shape index (κ2) is 6.57. The fourth-order valence-electron chi connectivity index (χ4n) is 2.55. The third kappa shape index (κ3) is 2.97. The average Bonchev–Trinajstić information content (AvgIpc) is 2.90. The van der Waals surface area contributed by atoms with Crippen molar-refractivity contribution in [3.05, 3.63) is 62.5 Å². The first-order valence-electron chi connectivity index (χ1n) is 7.72. The first-order valence-corrected chi connectivity index (χ1v) is 8.54. The van der Waals surface area contributed by atoms with Crippen molar-refractivity contribution in [1.82, 2.24) is 9.55 Å². The number of nitrogens with zero attached hydrogens (tertiary/aromatic N) is 2. The van der Waals surface area contributed by atoms with E-state index in [-0.39, 0.29) is 5.56 Å². The lowest BCUT2D eigenvalue weighted by Gasteiger charge is -2.06. The van der Waals surface area contributed by atoms with Gasteiger partial charge < -0.3 is 4.74 Å². The number of fused-ring (bicyclic) bond motifs is 1. The summed E-state index contributed by atoms with van der Waals surface area (Å²) < 4.78 is 6.62. The van der Waals surface area contributed by atoms with Crippen LogP contribution in [0.2, 0.25) is 0 Å². The van der Waals surface area contributed by atoms with Gasteiger partial charge in [-0.25, -0.2) is 9.78 Å². The van der Waals surface area contributed by atoms with Crippen LogP contribution in [-0.4, -0.2) is 22.1 Å². The molecule has 5 nitrogen and oxygen atoms in total. The number of aromatic nitrogens is 2. The number of carbonyl (C=O) groups excluding carboxylic acids is 1. The van der Waals surface area contributed by atoms with Crippen molar-refractivity contribution in [1.29, 1.82) is 0 Å². The largest absolute Gasteiger partial charge is 0.462 e. The van der Waals surface area contributed by atoms with Crippen LogP contribution in [0.1, 0.15) is 33.3 Å². The molecule has 0 unspecified atom stereocenters. The molecule has 0 bridgehead atoms. The highest BCUT2D eigenvalue weighted by Gasteiger charge is 2.20. The Morgan fingerprint density at radius 3 is 2.62 bits per heavy atom. The quantitative estimate of drug-likeness (QED) is 0.683. The summed E-state index contributed by atoms with van der Waals surface area (Å²) in [7, 11) is 0. The van der Waals surface area contributed by atoms with E-state index < -0.39 is 5.97 Å². The van der Waals surface area contributed by atoms with Crippen LogP contribution in [0.25, 0.3) is 10.2 Å². The lowest BCUT2D eigenvalue weighted by atomic mass is 10.1. The number of ether oxygens (including phenoxy) is 1. The van der Waals surface area contributed by atoms with Gasteiger partial charge in [0.25, 0.3) is 5.56 Å². The third-order valence-corrected chi connectivity index (χ3v) is 5.03. The Morgan fingerprint density at radius 1 is 1.25 bits per heavy atom. The molecule has 0 saturated carbocycles. The number of carbonyl (C=O) groups is 1. The van der Waals surface area contributed by atoms with E-state index in [9.17, 15) is 9.59 Å². The molecule has 24 heavy (non-hydrogen) atoms. The molecule has 0 amide bonds. The molecule has 2 aromatic heterocycles. The predicted molar refractivity (Wildman–Crippen MR) is 94.9 cm³/mol. The number of hydrogen-bond donors (Lipinski definition) is 0. The monoisotopic (exact) mass is 342 g/mol. The summed E-state index contributed by atoms with van der Waals surface area (Å²) in [5.41, 5.74) is 2.71. The van der Waals surface area contributed by atoms with Crippen molar-refractivity contribution in [3.8, 4) is 0 Å². The Balaban J connectivity index is 2.04. The molecule has 0 atom stereocenters. The molecule has 0 aliphatic rings. The van der Waals surface area contributed by atoms with Gasteiger partial charge in [0.2, 0.25) is 0 Å². The Labute approximate surface area is 143 Å². The molecule has 1 aromatic carbocycles. The molecule has 0 aliphatic carbocycles. The van der Waals surface area contributed by atoms with Gasteiger partial charge >= 0.3 is 5.97 Å². The maximum atomic E-state index is 12.8. The third-order valence-electron chi connectivity index (χ3n) is 3.85. The van der Waals surface area contributed by atoms with Gasteiger partial charge in [-0.05, 0) is 31.9 Å². The molecule has 0 aliphatic heterocycles. The summed E-state index contributed by atoms with van der Waals surface area (Å²) in [5.74, 6) is -0.400. The number of benzene rings is 1. The molecular formula is C18H18N2O3S. The zero-order valence-corrected chi connectivity index (χ0v) is 14.6. The van der Waals surface area contributed by atoms with Gasteiger partial charge in [-0.3, -0.25) is 9.36 Å². The van der Waals surface area contributed by atoms with Gasteiger partial charge in [0.1, 0.15) is 9.71 Å². The van der Waals surface area contributed by atoms with Crippen molar-refractivity contribution in [2.45, 2.75) is 27.3 Å². The second-order valence-electron chi connectivity index (χ2n) is 5.62. The van der Waals surface area contributed by atoms with Crippen LogP contribution in [-0.2, 0) is 11.3 Å². The number of aryl methyl sites for hydroxylation is 2. The van der Waals surface area contributed by atoms with Gasteiger partial charge in [0.05, 0.1) is 24.9 Å². The summed E-state index contributed by atoms with van der Waals surface area (Å²) in [5, 5.41) is 0.498. The van der Waals surface area contributed by atoms with Crippen LogP contribution < -0.4 is 5.56 Å². The molecule has 124 valence electrons. The van der Waals surface area contributed by atoms with Crippen molar-refractivity contribution in [2.24, 2.45) is 0 Å². The summed E-state index contributed by atoms with van der Waals surface area (Å²) in [6, 6.07) is 8.02. The van der Waals surface area contributed by atoms with Crippen LogP contribution in [0.15, 0.2) is 35.4 Å². The summed E-state index contributed by atoms with van der Waals surface area (Å²) in [6.45, 7) is 6.30. The van der Waals surface area contributed by atoms with E-state index in [2.05, 4.69) is 4.98 Å². The van der Waals surface area contributed by atoms with Crippen LogP contribution in [0.3, 0.4) is 0 Å². The number of rotatable bonds is 4. The summed E-state index contributed by atoms with van der Waals surface area (Å²) >= 11 is 1.20. The van der Waals surface area contributed by atoms with Crippen LogP contribution in [0, 0.1) is 13.8 Å². The molecule has 3 rings (SSSR count). The normalized spacial score (nSPS) is 11.0. The van der Waals surface area contributed by atoms with Gasteiger partial charge in [-0.1, -0.05) is 29.8 Å². The highest BCUT2D eigenvalue weighted by molar-refractivity contribution is 7.20. The highest BCUT2D eigenvalue weighted by atomic mass is 32.1. The van der Waals surface area contributed by atoms with E-state index in [1.165, 1.54) is 23.2 Å². The van der Waals surface area contributed by atoms with Crippen molar-refractivity contribution in [2.75, 3.05) is 6.61 Å². The zero-order chi connectivity index (χ0) is 17.3. The van der Waals surface area contributed by atoms with E-state index in [1.807, 2.05) is 31.2 Å². The molecule has 2 heterocycles. The lowest BCUT2D eigenvalue weighted by Crippen LogP contribution is -2.21. The van der Waals surface area contributed by atoms with Gasteiger partial charge in [0.15, 0.2) is 0 Å². The maximum Gasteiger partial charge on any atom is 0.348 e. The predicted octanol–water partition coefficient (Wildman–Crippen LogP) is 3.30. The van der Waals surface area contributed by atoms with Crippen LogP contribution >= 0.6 is 11.3 Å².